The first-order chi connectivity index (χ1) is 17.1. The third-order valence-corrected chi connectivity index (χ3v) is 6.14. The van der Waals surface area contributed by atoms with Crippen LogP contribution >= 0.6 is 0 Å². The number of hydrogen-bond acceptors (Lipinski definition) is 6. The van der Waals surface area contributed by atoms with Gasteiger partial charge in [0.2, 0.25) is 5.91 Å². The number of fused-ring (bicyclic) bond motifs is 2. The number of aromatic nitrogens is 6. The monoisotopic (exact) mass is 469 g/mol. The summed E-state index contributed by atoms with van der Waals surface area (Å²) in [4.78, 5) is 28.5. The number of carbonyl (C=O) groups is 1. The van der Waals surface area contributed by atoms with E-state index >= 15 is 0 Å². The second kappa shape index (κ2) is 8.32. The average Bonchev–Trinajstić information content (AvgIpc) is 3.48. The molecule has 3 aromatic heterocycles. The number of amides is 1. The fourth-order valence-electron chi connectivity index (χ4n) is 4.47. The maximum atomic E-state index is 13.9. The number of nitrogens with zero attached hydrogens (tertiary/aromatic N) is 5. The Morgan fingerprint density at radius 2 is 1.94 bits per heavy atom. The lowest BCUT2D eigenvalue weighted by Crippen LogP contribution is -2.25. The van der Waals surface area contributed by atoms with E-state index in [2.05, 4.69) is 25.3 Å². The highest BCUT2D eigenvalue weighted by molar-refractivity contribution is 5.95. The molecule has 1 aliphatic rings. The number of halogens is 1. The molecule has 2 aromatic carbocycles. The number of imidazole rings is 1. The minimum Gasteiger partial charge on any atom is -0.489 e. The zero-order chi connectivity index (χ0) is 23.9. The van der Waals surface area contributed by atoms with Crippen molar-refractivity contribution >= 4 is 22.9 Å². The summed E-state index contributed by atoms with van der Waals surface area (Å²) in [5, 5.41) is 7.66. The summed E-state index contributed by atoms with van der Waals surface area (Å²) in [5.74, 6) is 1.11. The molecule has 4 heterocycles. The van der Waals surface area contributed by atoms with Crippen LogP contribution in [0.15, 0.2) is 61.2 Å². The van der Waals surface area contributed by atoms with E-state index in [1.165, 1.54) is 12.4 Å². The van der Waals surface area contributed by atoms with E-state index in [1.807, 2.05) is 31.2 Å². The molecule has 1 aliphatic heterocycles. The predicted molar refractivity (Wildman–Crippen MR) is 126 cm³/mol. The molecular weight excluding hydrogens is 449 g/mol. The number of hydrogen-bond donors (Lipinski definition) is 2. The number of aromatic amines is 1. The molecule has 0 fully saturated rings. The van der Waals surface area contributed by atoms with E-state index in [1.54, 1.807) is 29.2 Å². The summed E-state index contributed by atoms with van der Waals surface area (Å²) in [7, 11) is 0. The Hall–Kier alpha value is -4.60. The van der Waals surface area contributed by atoms with E-state index in [0.717, 1.165) is 16.8 Å². The summed E-state index contributed by atoms with van der Waals surface area (Å²) in [5.41, 5.74) is 4.31. The van der Waals surface area contributed by atoms with Gasteiger partial charge in [0.1, 0.15) is 35.8 Å². The van der Waals surface area contributed by atoms with E-state index in [0.29, 0.717) is 34.1 Å². The molecule has 0 saturated heterocycles. The third kappa shape index (κ3) is 3.68. The zero-order valence-corrected chi connectivity index (χ0v) is 18.7. The number of carbonyl (C=O) groups excluding carboxylic acids is 1. The second-order valence-electron chi connectivity index (χ2n) is 8.31. The maximum absolute atomic E-state index is 13.9. The van der Waals surface area contributed by atoms with E-state index in [9.17, 15) is 9.18 Å². The Labute approximate surface area is 199 Å². The Balaban J connectivity index is 1.32. The highest BCUT2D eigenvalue weighted by Gasteiger charge is 2.33. The molecule has 10 heteroatoms. The molecule has 0 spiro atoms. The van der Waals surface area contributed by atoms with Gasteiger partial charge >= 0.3 is 0 Å². The molecule has 2 N–H and O–H groups in total. The lowest BCUT2D eigenvalue weighted by Gasteiger charge is -2.24. The molecule has 0 bridgehead atoms. The highest BCUT2D eigenvalue weighted by Crippen LogP contribution is 2.40. The number of nitrogens with one attached hydrogen (secondary N) is 2. The van der Waals surface area contributed by atoms with Gasteiger partial charge in [0, 0.05) is 23.5 Å². The Morgan fingerprint density at radius 1 is 1.11 bits per heavy atom. The molecule has 0 aliphatic carbocycles. The van der Waals surface area contributed by atoms with Gasteiger partial charge in [-0.05, 0) is 30.7 Å². The molecular formula is C25H20FN7O2. The van der Waals surface area contributed by atoms with Crippen LogP contribution in [-0.4, -0.2) is 35.6 Å². The van der Waals surface area contributed by atoms with Crippen LogP contribution in [0.25, 0.3) is 17.0 Å². The smallest absolute Gasteiger partial charge is 0.226 e. The van der Waals surface area contributed by atoms with Crippen molar-refractivity contribution in [2.24, 2.45) is 0 Å². The number of anilines is 1. The molecule has 9 nitrogen and oxygen atoms in total. The van der Waals surface area contributed by atoms with Crippen LogP contribution in [0.2, 0.25) is 0 Å². The lowest BCUT2D eigenvalue weighted by molar-refractivity contribution is -0.116. The van der Waals surface area contributed by atoms with E-state index in [-0.39, 0.29) is 30.7 Å². The van der Waals surface area contributed by atoms with Crippen LogP contribution in [-0.2, 0) is 11.4 Å². The highest BCUT2D eigenvalue weighted by atomic mass is 19.1. The van der Waals surface area contributed by atoms with E-state index in [4.69, 9.17) is 9.84 Å². The Bertz CT molecular complexity index is 1560. The van der Waals surface area contributed by atoms with Crippen LogP contribution in [0.4, 0.5) is 10.2 Å². The maximum Gasteiger partial charge on any atom is 0.226 e. The van der Waals surface area contributed by atoms with Crippen molar-refractivity contribution in [2.75, 3.05) is 5.32 Å². The standard InChI is InChI=1S/C25H20FN7O2/c1-14-21-18(15-6-8-17(9-7-15)35-11-16-4-2-3-5-19(16)26)10-20(34)31-24(21)33(32-14)25-22-23(28-12-27-22)29-13-30-25/h2-9,12-13,18H,10-11H2,1H3,(H,31,34)(H,27,28,29,30). The van der Waals surface area contributed by atoms with Crippen molar-refractivity contribution in [3.63, 3.8) is 0 Å². The summed E-state index contributed by atoms with van der Waals surface area (Å²) in [6.07, 6.45) is 3.26. The largest absolute Gasteiger partial charge is 0.489 e. The van der Waals surface area contributed by atoms with Crippen molar-refractivity contribution in [3.8, 4) is 11.6 Å². The number of benzene rings is 2. The van der Waals surface area contributed by atoms with Gasteiger partial charge < -0.3 is 15.0 Å². The van der Waals surface area contributed by atoms with Crippen LogP contribution in [0.1, 0.15) is 34.7 Å². The second-order valence-corrected chi connectivity index (χ2v) is 8.31. The molecule has 35 heavy (non-hydrogen) atoms. The van der Waals surface area contributed by atoms with Gasteiger partial charge in [-0.2, -0.15) is 9.78 Å². The molecule has 174 valence electrons. The number of H-pyrrole nitrogens is 1. The quantitative estimate of drug-likeness (QED) is 0.402. The SMILES string of the molecule is Cc1nn(-c2ncnc3nc[nH]c23)c2c1C(c1ccc(OCc3ccccc3F)cc1)CC(=O)N2. The first-order valence-electron chi connectivity index (χ1n) is 11.1. The van der Waals surface area contributed by atoms with Crippen molar-refractivity contribution in [3.05, 3.63) is 89.4 Å². The van der Waals surface area contributed by atoms with Crippen LogP contribution in [0, 0.1) is 12.7 Å². The van der Waals surface area contributed by atoms with Crippen LogP contribution in [0.3, 0.4) is 0 Å². The average molecular weight is 469 g/mol. The van der Waals surface area contributed by atoms with Gasteiger partial charge in [-0.15, -0.1) is 0 Å². The summed E-state index contributed by atoms with van der Waals surface area (Å²) < 4.78 is 21.3. The summed E-state index contributed by atoms with van der Waals surface area (Å²) in [6.45, 7) is 2.05. The van der Waals surface area contributed by atoms with Gasteiger partial charge in [-0.3, -0.25) is 4.79 Å². The third-order valence-electron chi connectivity index (χ3n) is 6.14. The molecule has 5 aromatic rings. The summed E-state index contributed by atoms with van der Waals surface area (Å²) in [6, 6.07) is 14.1. The molecule has 0 radical (unpaired) electrons. The molecule has 1 amide bonds. The van der Waals surface area contributed by atoms with Crippen LogP contribution < -0.4 is 10.1 Å². The zero-order valence-electron chi connectivity index (χ0n) is 18.7. The minimum atomic E-state index is -0.298. The minimum absolute atomic E-state index is 0.113. The number of ether oxygens (including phenoxy) is 1. The van der Waals surface area contributed by atoms with Crippen molar-refractivity contribution in [1.82, 2.24) is 29.7 Å². The van der Waals surface area contributed by atoms with Gasteiger partial charge in [0.25, 0.3) is 0 Å². The fourth-order valence-corrected chi connectivity index (χ4v) is 4.47. The van der Waals surface area contributed by atoms with Crippen molar-refractivity contribution in [2.45, 2.75) is 25.9 Å². The van der Waals surface area contributed by atoms with Crippen LogP contribution in [0.5, 0.6) is 5.75 Å². The fraction of sp³-hybridized carbons (Fsp3) is 0.160. The first-order valence-corrected chi connectivity index (χ1v) is 11.1. The van der Waals surface area contributed by atoms with Crippen molar-refractivity contribution < 1.29 is 13.9 Å². The lowest BCUT2D eigenvalue weighted by atomic mass is 9.86. The topological polar surface area (TPSA) is 111 Å². The predicted octanol–water partition coefficient (Wildman–Crippen LogP) is 4.04. The van der Waals surface area contributed by atoms with Gasteiger partial charge in [0.15, 0.2) is 11.5 Å². The van der Waals surface area contributed by atoms with Gasteiger partial charge in [0.05, 0.1) is 12.0 Å². The molecule has 6 rings (SSSR count). The van der Waals surface area contributed by atoms with E-state index < -0.39 is 0 Å². The normalized spacial score (nSPS) is 15.1. The summed E-state index contributed by atoms with van der Waals surface area (Å²) >= 11 is 0. The molecule has 1 atom stereocenters. The Kier molecular flexibility index (Phi) is 4.98. The number of aryl methyl sites for hydroxylation is 1. The molecule has 0 saturated carbocycles. The van der Waals surface area contributed by atoms with Crippen molar-refractivity contribution in [1.29, 1.82) is 0 Å². The number of rotatable bonds is 5. The Morgan fingerprint density at radius 3 is 2.77 bits per heavy atom. The van der Waals surface area contributed by atoms with Gasteiger partial charge in [-0.25, -0.2) is 19.3 Å². The first kappa shape index (κ1) is 21.0. The molecule has 1 unspecified atom stereocenters. The van der Waals surface area contributed by atoms with Gasteiger partial charge in [-0.1, -0.05) is 30.3 Å².